The van der Waals surface area contributed by atoms with Gasteiger partial charge in [-0.2, -0.15) is 18.3 Å². The zero-order valence-corrected chi connectivity index (χ0v) is 16.3. The molecule has 0 unspecified atom stereocenters. The minimum Gasteiger partial charge on any atom is -0.476 e. The number of carboxylic acid groups (broad SMARTS) is 1. The average molecular weight is 429 g/mol. The third-order valence-corrected chi connectivity index (χ3v) is 5.38. The Balaban J connectivity index is 2.09. The number of nitrogens with zero attached hydrogens (tertiary/aromatic N) is 3. The molecule has 0 radical (unpaired) electrons. The van der Waals surface area contributed by atoms with Crippen LogP contribution in [-0.2, 0) is 6.18 Å². The molecular weight excluding hydrogens is 415 g/mol. The van der Waals surface area contributed by atoms with Gasteiger partial charge in [0, 0.05) is 16.0 Å². The Bertz CT molecular complexity index is 1220. The number of carbonyl (C=O) groups is 1. The Hall–Kier alpha value is -3.46. The minimum atomic E-state index is -4.70. The maximum atomic E-state index is 14.3. The standard InChI is InChI=1S/C21H14F3N3O2S/c1-12-16(19(28)29)25-20(30-12)27-18(14-10-6-3-7-11-14)15(21(22,23)24)17(26-27)13-8-4-2-5-9-13/h2-11H,1H3,(H,28,29). The van der Waals surface area contributed by atoms with Gasteiger partial charge in [-0.3, -0.25) is 0 Å². The zero-order valence-electron chi connectivity index (χ0n) is 15.5. The average Bonchev–Trinajstić information content (AvgIpc) is 3.30. The van der Waals surface area contributed by atoms with Gasteiger partial charge in [-0.15, -0.1) is 0 Å². The summed E-state index contributed by atoms with van der Waals surface area (Å²) >= 11 is 0.974. The van der Waals surface area contributed by atoms with E-state index in [2.05, 4.69) is 10.1 Å². The van der Waals surface area contributed by atoms with Gasteiger partial charge >= 0.3 is 12.1 Å². The van der Waals surface area contributed by atoms with Crippen LogP contribution in [-0.4, -0.2) is 25.8 Å². The fourth-order valence-corrected chi connectivity index (χ4v) is 4.02. The van der Waals surface area contributed by atoms with Gasteiger partial charge in [0.15, 0.2) is 5.69 Å². The van der Waals surface area contributed by atoms with E-state index in [0.717, 1.165) is 16.0 Å². The molecule has 0 aliphatic rings. The van der Waals surface area contributed by atoms with E-state index < -0.39 is 17.7 Å². The number of rotatable bonds is 4. The van der Waals surface area contributed by atoms with Crippen LogP contribution >= 0.6 is 11.3 Å². The highest BCUT2D eigenvalue weighted by atomic mass is 32.1. The quantitative estimate of drug-likeness (QED) is 0.453. The fourth-order valence-electron chi connectivity index (χ4n) is 3.16. The molecule has 0 spiro atoms. The number of halogens is 3. The molecule has 30 heavy (non-hydrogen) atoms. The second kappa shape index (κ2) is 7.42. The lowest BCUT2D eigenvalue weighted by molar-refractivity contribution is -0.136. The third-order valence-electron chi connectivity index (χ3n) is 4.43. The fraction of sp³-hybridized carbons (Fsp3) is 0.0952. The summed E-state index contributed by atoms with van der Waals surface area (Å²) in [5.41, 5.74) is -0.944. The van der Waals surface area contributed by atoms with E-state index in [-0.39, 0.29) is 22.2 Å². The normalized spacial score (nSPS) is 11.6. The highest BCUT2D eigenvalue weighted by Gasteiger charge is 2.41. The van der Waals surface area contributed by atoms with Crippen molar-refractivity contribution in [1.82, 2.24) is 14.8 Å². The Morgan fingerprint density at radius 3 is 2.07 bits per heavy atom. The van der Waals surface area contributed by atoms with Crippen molar-refractivity contribution in [3.05, 3.63) is 76.8 Å². The molecule has 152 valence electrons. The molecule has 0 atom stereocenters. The predicted octanol–water partition coefficient (Wildman–Crippen LogP) is 5.69. The number of hydrogen-bond acceptors (Lipinski definition) is 4. The van der Waals surface area contributed by atoms with Gasteiger partial charge in [-0.05, 0) is 6.92 Å². The molecule has 0 saturated heterocycles. The highest BCUT2D eigenvalue weighted by Crippen LogP contribution is 2.44. The number of alkyl halides is 3. The van der Waals surface area contributed by atoms with Crippen molar-refractivity contribution in [2.45, 2.75) is 13.1 Å². The summed E-state index contributed by atoms with van der Waals surface area (Å²) in [5, 5.41) is 13.6. The number of carboxylic acids is 1. The van der Waals surface area contributed by atoms with Crippen molar-refractivity contribution in [2.75, 3.05) is 0 Å². The number of aryl methyl sites for hydroxylation is 1. The molecule has 0 aliphatic heterocycles. The summed E-state index contributed by atoms with van der Waals surface area (Å²) < 4.78 is 43.9. The summed E-state index contributed by atoms with van der Waals surface area (Å²) in [6, 6.07) is 16.1. The van der Waals surface area contributed by atoms with Crippen molar-refractivity contribution in [1.29, 1.82) is 0 Å². The van der Waals surface area contributed by atoms with E-state index in [1.54, 1.807) is 67.6 Å². The van der Waals surface area contributed by atoms with Gasteiger partial charge in [-0.25, -0.2) is 14.5 Å². The molecule has 5 nitrogen and oxygen atoms in total. The maximum Gasteiger partial charge on any atom is 0.420 e. The molecule has 0 aliphatic carbocycles. The SMILES string of the molecule is Cc1sc(-n2nc(-c3ccccc3)c(C(F)(F)F)c2-c2ccccc2)nc1C(=O)O. The summed E-state index contributed by atoms with van der Waals surface area (Å²) in [6.07, 6.45) is -4.70. The Kier molecular flexibility index (Phi) is 4.90. The number of aromatic nitrogens is 3. The van der Waals surface area contributed by atoms with Crippen LogP contribution in [0.3, 0.4) is 0 Å². The van der Waals surface area contributed by atoms with E-state index in [0.29, 0.717) is 16.0 Å². The van der Waals surface area contributed by atoms with Crippen LogP contribution in [0, 0.1) is 6.92 Å². The summed E-state index contributed by atoms with van der Waals surface area (Å²) in [7, 11) is 0. The first-order valence-electron chi connectivity index (χ1n) is 8.79. The van der Waals surface area contributed by atoms with Gasteiger partial charge in [0.1, 0.15) is 11.3 Å². The van der Waals surface area contributed by atoms with Crippen LogP contribution in [0.1, 0.15) is 20.9 Å². The number of aromatic carboxylic acids is 1. The first kappa shape index (κ1) is 19.8. The van der Waals surface area contributed by atoms with Crippen LogP contribution in [0.25, 0.3) is 27.6 Å². The van der Waals surface area contributed by atoms with Crippen molar-refractivity contribution >= 4 is 17.3 Å². The molecular formula is C21H14F3N3O2S. The van der Waals surface area contributed by atoms with Crippen LogP contribution in [0.5, 0.6) is 0 Å². The lowest BCUT2D eigenvalue weighted by Gasteiger charge is -2.11. The maximum absolute atomic E-state index is 14.3. The first-order chi connectivity index (χ1) is 14.3. The molecule has 1 N–H and O–H groups in total. The Morgan fingerprint density at radius 2 is 1.57 bits per heavy atom. The highest BCUT2D eigenvalue weighted by molar-refractivity contribution is 7.14. The molecule has 2 aromatic carbocycles. The van der Waals surface area contributed by atoms with Crippen LogP contribution < -0.4 is 0 Å². The molecule has 0 fully saturated rings. The number of benzene rings is 2. The van der Waals surface area contributed by atoms with Crippen molar-refractivity contribution in [3.63, 3.8) is 0 Å². The van der Waals surface area contributed by atoms with Gasteiger partial charge < -0.3 is 5.11 Å². The topological polar surface area (TPSA) is 68.0 Å². The second-order valence-corrected chi connectivity index (χ2v) is 7.60. The molecule has 0 bridgehead atoms. The van der Waals surface area contributed by atoms with Crippen LogP contribution in [0.15, 0.2) is 60.7 Å². The second-order valence-electron chi connectivity index (χ2n) is 6.42. The van der Waals surface area contributed by atoms with Gasteiger partial charge in [0.25, 0.3) is 0 Å². The summed E-state index contributed by atoms with van der Waals surface area (Å²) in [6.45, 7) is 1.55. The zero-order chi connectivity index (χ0) is 21.5. The van der Waals surface area contributed by atoms with Gasteiger partial charge in [-0.1, -0.05) is 72.0 Å². The van der Waals surface area contributed by atoms with Crippen LogP contribution in [0.4, 0.5) is 13.2 Å². The third kappa shape index (κ3) is 3.48. The molecule has 2 aromatic heterocycles. The van der Waals surface area contributed by atoms with E-state index >= 15 is 0 Å². The van der Waals surface area contributed by atoms with Crippen molar-refractivity contribution in [3.8, 4) is 27.6 Å². The molecule has 4 aromatic rings. The largest absolute Gasteiger partial charge is 0.476 e. The summed E-state index contributed by atoms with van der Waals surface area (Å²) in [5.74, 6) is -1.25. The van der Waals surface area contributed by atoms with Gasteiger partial charge in [0.05, 0.1) is 5.69 Å². The van der Waals surface area contributed by atoms with E-state index in [4.69, 9.17) is 0 Å². The predicted molar refractivity (Wildman–Crippen MR) is 107 cm³/mol. The molecule has 0 saturated carbocycles. The van der Waals surface area contributed by atoms with E-state index in [9.17, 15) is 23.1 Å². The Labute approximate surface area is 173 Å². The molecule has 2 heterocycles. The first-order valence-corrected chi connectivity index (χ1v) is 9.61. The summed E-state index contributed by atoms with van der Waals surface area (Å²) in [4.78, 5) is 15.8. The van der Waals surface area contributed by atoms with E-state index in [1.807, 2.05) is 0 Å². The monoisotopic (exact) mass is 429 g/mol. The van der Waals surface area contributed by atoms with Gasteiger partial charge in [0.2, 0.25) is 5.13 Å². The van der Waals surface area contributed by atoms with Crippen LogP contribution in [0.2, 0.25) is 0 Å². The van der Waals surface area contributed by atoms with Crippen molar-refractivity contribution in [2.24, 2.45) is 0 Å². The minimum absolute atomic E-state index is 0.0523. The lowest BCUT2D eigenvalue weighted by Crippen LogP contribution is -2.09. The molecule has 9 heteroatoms. The lowest BCUT2D eigenvalue weighted by atomic mass is 10.0. The molecule has 0 amide bonds. The van der Waals surface area contributed by atoms with Crippen molar-refractivity contribution < 1.29 is 23.1 Å². The number of thiazole rings is 1. The Morgan fingerprint density at radius 1 is 1.00 bits per heavy atom. The van der Waals surface area contributed by atoms with E-state index in [1.165, 1.54) is 0 Å². The molecule has 4 rings (SSSR count). The smallest absolute Gasteiger partial charge is 0.420 e. The number of hydrogen-bond donors (Lipinski definition) is 1.